The predicted molar refractivity (Wildman–Crippen MR) is 106 cm³/mol. The maximum atomic E-state index is 12.9. The third kappa shape index (κ3) is 2.77. The van der Waals surface area contributed by atoms with Crippen LogP contribution in [0.4, 0.5) is 0 Å². The van der Waals surface area contributed by atoms with Crippen molar-refractivity contribution in [3.05, 3.63) is 52.3 Å². The van der Waals surface area contributed by atoms with Crippen LogP contribution in [0.15, 0.2) is 35.5 Å². The molecule has 8 nitrogen and oxygen atoms in total. The summed E-state index contributed by atoms with van der Waals surface area (Å²) in [4.78, 5) is 21.9. The summed E-state index contributed by atoms with van der Waals surface area (Å²) in [6, 6.07) is 4.00. The van der Waals surface area contributed by atoms with E-state index < -0.39 is 0 Å². The zero-order valence-electron chi connectivity index (χ0n) is 15.9. The Hall–Kier alpha value is -3.13. The molecule has 8 heteroatoms. The van der Waals surface area contributed by atoms with Crippen LogP contribution in [0.1, 0.15) is 30.1 Å². The molecule has 0 amide bonds. The Morgan fingerprint density at radius 1 is 1.11 bits per heavy atom. The molecule has 142 valence electrons. The molecule has 1 saturated heterocycles. The van der Waals surface area contributed by atoms with E-state index in [1.165, 1.54) is 0 Å². The lowest BCUT2D eigenvalue weighted by Crippen LogP contribution is -2.35. The quantitative estimate of drug-likeness (QED) is 0.577. The first-order valence-electron chi connectivity index (χ1n) is 9.52. The number of rotatable bonds is 2. The fourth-order valence-corrected chi connectivity index (χ4v) is 3.88. The third-order valence-corrected chi connectivity index (χ3v) is 5.34. The van der Waals surface area contributed by atoms with Crippen LogP contribution in [0.5, 0.6) is 0 Å². The molecule has 4 aromatic rings. The Balaban J connectivity index is 1.59. The van der Waals surface area contributed by atoms with E-state index in [9.17, 15) is 4.79 Å². The number of pyridine rings is 1. The van der Waals surface area contributed by atoms with Gasteiger partial charge in [-0.25, -0.2) is 14.2 Å². The summed E-state index contributed by atoms with van der Waals surface area (Å²) in [5.74, 6) is 0. The molecular weight excluding hydrogens is 354 g/mol. The van der Waals surface area contributed by atoms with Crippen LogP contribution in [0.2, 0.25) is 0 Å². The van der Waals surface area contributed by atoms with Crippen molar-refractivity contribution in [2.75, 3.05) is 13.1 Å². The molecule has 1 fully saturated rings. The average molecular weight is 375 g/mol. The molecule has 1 aliphatic heterocycles. The highest BCUT2D eigenvalue weighted by Gasteiger charge is 2.18. The van der Waals surface area contributed by atoms with Crippen molar-refractivity contribution in [3.8, 4) is 11.4 Å². The molecule has 0 radical (unpaired) electrons. The molecule has 1 N–H and O–H groups in total. The number of nitrogens with zero attached hydrogens (tertiary/aromatic N) is 6. The molecular formula is C20H21N7O. The first kappa shape index (κ1) is 17.0. The molecule has 4 aromatic heterocycles. The van der Waals surface area contributed by atoms with Crippen LogP contribution in [-0.2, 0) is 0 Å². The lowest BCUT2D eigenvalue weighted by Gasteiger charge is -2.23. The predicted octanol–water partition coefficient (Wildman–Crippen LogP) is 2.04. The summed E-state index contributed by atoms with van der Waals surface area (Å²) in [5, 5.41) is 13.8. The Labute approximate surface area is 161 Å². The third-order valence-electron chi connectivity index (χ3n) is 5.34. The maximum absolute atomic E-state index is 12.9. The Morgan fingerprint density at radius 2 is 1.93 bits per heavy atom. The van der Waals surface area contributed by atoms with Crippen LogP contribution in [0, 0.1) is 13.8 Å². The highest BCUT2D eigenvalue weighted by molar-refractivity contribution is 5.83. The van der Waals surface area contributed by atoms with Crippen molar-refractivity contribution < 1.29 is 0 Å². The van der Waals surface area contributed by atoms with Crippen molar-refractivity contribution in [1.29, 1.82) is 0 Å². The molecule has 0 spiro atoms. The maximum Gasteiger partial charge on any atom is 0.276 e. The number of fused-ring (bicyclic) bond motifs is 2. The minimum absolute atomic E-state index is 0.0757. The molecule has 0 unspecified atom stereocenters. The first-order valence-corrected chi connectivity index (χ1v) is 9.52. The van der Waals surface area contributed by atoms with Gasteiger partial charge >= 0.3 is 0 Å². The van der Waals surface area contributed by atoms with E-state index in [-0.39, 0.29) is 11.6 Å². The lowest BCUT2D eigenvalue weighted by atomic mass is 10.1. The van der Waals surface area contributed by atoms with Crippen LogP contribution < -0.4 is 10.9 Å². The van der Waals surface area contributed by atoms with Crippen LogP contribution >= 0.6 is 0 Å². The first-order chi connectivity index (χ1) is 13.6. The average Bonchev–Trinajstić information content (AvgIpc) is 3.09. The number of piperidine rings is 1. The highest BCUT2D eigenvalue weighted by atomic mass is 16.1. The summed E-state index contributed by atoms with van der Waals surface area (Å²) in [5.41, 5.74) is 4.17. The molecule has 0 atom stereocenters. The van der Waals surface area contributed by atoms with Crippen molar-refractivity contribution in [1.82, 2.24) is 34.7 Å². The van der Waals surface area contributed by atoms with Crippen LogP contribution in [0.3, 0.4) is 0 Å². The number of aromatic nitrogens is 6. The van der Waals surface area contributed by atoms with Gasteiger partial charge in [-0.2, -0.15) is 10.2 Å². The van der Waals surface area contributed by atoms with Gasteiger partial charge in [0.1, 0.15) is 5.69 Å². The van der Waals surface area contributed by atoms with Gasteiger partial charge in [0, 0.05) is 11.6 Å². The van der Waals surface area contributed by atoms with E-state index in [1.54, 1.807) is 21.6 Å². The monoisotopic (exact) mass is 375 g/mol. The van der Waals surface area contributed by atoms with Crippen molar-refractivity contribution in [2.45, 2.75) is 32.7 Å². The van der Waals surface area contributed by atoms with E-state index in [0.29, 0.717) is 11.1 Å². The van der Waals surface area contributed by atoms with Gasteiger partial charge in [-0.1, -0.05) is 0 Å². The van der Waals surface area contributed by atoms with Gasteiger partial charge in [0.2, 0.25) is 0 Å². The van der Waals surface area contributed by atoms with Crippen molar-refractivity contribution in [2.24, 2.45) is 0 Å². The van der Waals surface area contributed by atoms with Crippen LogP contribution in [-0.4, -0.2) is 42.5 Å². The Kier molecular flexibility index (Phi) is 3.94. The molecule has 5 rings (SSSR count). The highest BCUT2D eigenvalue weighted by Crippen LogP contribution is 2.22. The van der Waals surface area contributed by atoms with Gasteiger partial charge in [0.05, 0.1) is 35.2 Å². The molecule has 0 saturated carbocycles. The standard InChI is InChI=1S/C20H21N7O/c1-12-7-18(25-26-11-13(2)24-19(12)26)17-8-14-9-23-27(15-3-5-21-6-4-15)20(28)16(14)10-22-17/h7-11,15,21H,3-6H2,1-2H3. The second-order valence-electron chi connectivity index (χ2n) is 7.40. The molecule has 5 heterocycles. The van der Waals surface area contributed by atoms with E-state index in [4.69, 9.17) is 0 Å². The summed E-state index contributed by atoms with van der Waals surface area (Å²) < 4.78 is 3.40. The summed E-state index contributed by atoms with van der Waals surface area (Å²) in [6.07, 6.45) is 7.13. The molecule has 0 aromatic carbocycles. The Bertz CT molecular complexity index is 1250. The topological polar surface area (TPSA) is 90.0 Å². The van der Waals surface area contributed by atoms with E-state index in [1.807, 2.05) is 32.2 Å². The smallest absolute Gasteiger partial charge is 0.276 e. The summed E-state index contributed by atoms with van der Waals surface area (Å²) in [6.45, 7) is 5.78. The molecule has 0 bridgehead atoms. The van der Waals surface area contributed by atoms with Gasteiger partial charge < -0.3 is 5.32 Å². The van der Waals surface area contributed by atoms with Crippen LogP contribution in [0.25, 0.3) is 27.8 Å². The fraction of sp³-hybridized carbons (Fsp3) is 0.350. The normalized spacial score (nSPS) is 15.5. The summed E-state index contributed by atoms with van der Waals surface area (Å²) in [7, 11) is 0. The molecule has 1 aliphatic rings. The number of imidazole rings is 1. The van der Waals surface area contributed by atoms with Gasteiger partial charge in [0.25, 0.3) is 5.56 Å². The fourth-order valence-electron chi connectivity index (χ4n) is 3.88. The largest absolute Gasteiger partial charge is 0.317 e. The minimum atomic E-state index is -0.0757. The van der Waals surface area contributed by atoms with Gasteiger partial charge in [0.15, 0.2) is 5.65 Å². The molecule has 0 aliphatic carbocycles. The van der Waals surface area contributed by atoms with E-state index in [2.05, 4.69) is 25.5 Å². The summed E-state index contributed by atoms with van der Waals surface area (Å²) >= 11 is 0. The van der Waals surface area contributed by atoms with Gasteiger partial charge in [-0.15, -0.1) is 0 Å². The number of aryl methyl sites for hydroxylation is 2. The van der Waals surface area contributed by atoms with Crippen molar-refractivity contribution >= 4 is 16.4 Å². The second kappa shape index (κ2) is 6.49. The van der Waals surface area contributed by atoms with E-state index >= 15 is 0 Å². The number of hydrogen-bond donors (Lipinski definition) is 1. The van der Waals surface area contributed by atoms with Gasteiger partial charge in [-0.3, -0.25) is 9.78 Å². The molecule has 28 heavy (non-hydrogen) atoms. The zero-order chi connectivity index (χ0) is 19.3. The lowest BCUT2D eigenvalue weighted by molar-refractivity contribution is 0.333. The minimum Gasteiger partial charge on any atom is -0.317 e. The van der Waals surface area contributed by atoms with Gasteiger partial charge in [-0.05, 0) is 57.5 Å². The zero-order valence-corrected chi connectivity index (χ0v) is 15.9. The van der Waals surface area contributed by atoms with Crippen molar-refractivity contribution in [3.63, 3.8) is 0 Å². The van der Waals surface area contributed by atoms with E-state index in [0.717, 1.165) is 53.9 Å². The number of hydrogen-bond acceptors (Lipinski definition) is 6. The SMILES string of the molecule is Cc1cn2nc(-c3cc4cnn(C5CCNCC5)c(=O)c4cn3)cc(C)c2n1. The number of nitrogens with one attached hydrogen (secondary N) is 1. The second-order valence-corrected chi connectivity index (χ2v) is 7.40. The Morgan fingerprint density at radius 3 is 2.75 bits per heavy atom.